The third kappa shape index (κ3) is 2.75. The van der Waals surface area contributed by atoms with E-state index in [1.54, 1.807) is 6.20 Å². The van der Waals surface area contributed by atoms with Crippen molar-refractivity contribution in [2.75, 3.05) is 13.6 Å². The van der Waals surface area contributed by atoms with Crippen LogP contribution < -0.4 is 5.32 Å². The molecule has 12 heavy (non-hydrogen) atoms. The van der Waals surface area contributed by atoms with Gasteiger partial charge in [0.2, 0.25) is 0 Å². The number of aromatic nitrogens is 1. The van der Waals surface area contributed by atoms with Crippen molar-refractivity contribution in [1.29, 1.82) is 0 Å². The molecule has 0 amide bonds. The highest BCUT2D eigenvalue weighted by Gasteiger charge is 1.92. The Hall–Kier alpha value is -0.670. The molecule has 0 aliphatic rings. The molecule has 0 saturated heterocycles. The Morgan fingerprint density at radius 3 is 3.17 bits per heavy atom. The number of likely N-dealkylation sites (N-methyl/N-ethyl adjacent to an activating group) is 1. The van der Waals surface area contributed by atoms with Crippen LogP contribution in [0.5, 0.6) is 0 Å². The molecule has 0 unspecified atom stereocenters. The van der Waals surface area contributed by atoms with Gasteiger partial charge in [0.1, 0.15) is 4.60 Å². The number of nitrogens with zero attached hydrogens (tertiary/aromatic N) is 1. The molecule has 0 bridgehead atoms. The van der Waals surface area contributed by atoms with Crippen LogP contribution in [0.1, 0.15) is 5.56 Å². The first kappa shape index (κ1) is 9.42. The molecule has 3 heteroatoms. The van der Waals surface area contributed by atoms with Gasteiger partial charge in [-0.2, -0.15) is 0 Å². The standard InChI is InChI=1S/C9H11BrN2/c1-11-6-2-4-8-5-3-7-12-9(8)10/h2-5,7,11H,6H2,1H3. The number of nitrogens with one attached hydrogen (secondary N) is 1. The third-order valence-electron chi connectivity index (χ3n) is 1.41. The summed E-state index contributed by atoms with van der Waals surface area (Å²) < 4.78 is 0.886. The van der Waals surface area contributed by atoms with E-state index < -0.39 is 0 Å². The van der Waals surface area contributed by atoms with Crippen LogP contribution in [0, 0.1) is 0 Å². The van der Waals surface area contributed by atoms with Gasteiger partial charge in [-0.15, -0.1) is 0 Å². The van der Waals surface area contributed by atoms with Gasteiger partial charge in [0, 0.05) is 18.3 Å². The van der Waals surface area contributed by atoms with Gasteiger partial charge in [0.05, 0.1) is 0 Å². The molecule has 1 aromatic heterocycles. The van der Waals surface area contributed by atoms with Crippen LogP contribution in [0.15, 0.2) is 29.0 Å². The molecule has 0 saturated carbocycles. The zero-order valence-corrected chi connectivity index (χ0v) is 8.51. The van der Waals surface area contributed by atoms with E-state index in [1.165, 1.54) is 0 Å². The van der Waals surface area contributed by atoms with Crippen molar-refractivity contribution in [2.24, 2.45) is 0 Å². The molecule has 64 valence electrons. The molecule has 1 aromatic rings. The van der Waals surface area contributed by atoms with E-state index >= 15 is 0 Å². The minimum Gasteiger partial charge on any atom is -0.316 e. The lowest BCUT2D eigenvalue weighted by Crippen LogP contribution is -2.03. The molecule has 1 N–H and O–H groups in total. The monoisotopic (exact) mass is 226 g/mol. The predicted molar refractivity (Wildman–Crippen MR) is 54.9 cm³/mol. The van der Waals surface area contributed by atoms with Crippen LogP contribution in [0.25, 0.3) is 6.08 Å². The van der Waals surface area contributed by atoms with Crippen LogP contribution in [0.2, 0.25) is 0 Å². The van der Waals surface area contributed by atoms with Crippen LogP contribution in [0.4, 0.5) is 0 Å². The summed E-state index contributed by atoms with van der Waals surface area (Å²) in [5, 5.41) is 3.03. The molecule has 2 nitrogen and oxygen atoms in total. The number of pyridine rings is 1. The summed E-state index contributed by atoms with van der Waals surface area (Å²) in [6.45, 7) is 0.876. The molecule has 0 radical (unpaired) electrons. The highest BCUT2D eigenvalue weighted by atomic mass is 79.9. The maximum Gasteiger partial charge on any atom is 0.113 e. The number of rotatable bonds is 3. The Kier molecular flexibility index (Phi) is 3.97. The third-order valence-corrected chi connectivity index (χ3v) is 2.07. The van der Waals surface area contributed by atoms with Crippen LogP contribution in [-0.2, 0) is 0 Å². The maximum absolute atomic E-state index is 4.10. The molecule has 0 aliphatic carbocycles. The van der Waals surface area contributed by atoms with Gasteiger partial charge in [-0.25, -0.2) is 4.98 Å². The van der Waals surface area contributed by atoms with Gasteiger partial charge in [-0.1, -0.05) is 18.2 Å². The van der Waals surface area contributed by atoms with Crippen molar-refractivity contribution in [1.82, 2.24) is 10.3 Å². The largest absolute Gasteiger partial charge is 0.316 e. The zero-order chi connectivity index (χ0) is 8.81. The summed E-state index contributed by atoms with van der Waals surface area (Å²) in [6, 6.07) is 3.94. The molecular weight excluding hydrogens is 216 g/mol. The van der Waals surface area contributed by atoms with E-state index in [0.717, 1.165) is 16.7 Å². The van der Waals surface area contributed by atoms with Crippen LogP contribution >= 0.6 is 15.9 Å². The first-order valence-electron chi connectivity index (χ1n) is 3.76. The molecule has 0 spiro atoms. The molecule has 0 aliphatic heterocycles. The van der Waals surface area contributed by atoms with Gasteiger partial charge < -0.3 is 5.32 Å². The predicted octanol–water partition coefficient (Wildman–Crippen LogP) is 2.08. The summed E-state index contributed by atoms with van der Waals surface area (Å²) in [5.41, 5.74) is 1.10. The van der Waals surface area contributed by atoms with Crippen LogP contribution in [0.3, 0.4) is 0 Å². The van der Waals surface area contributed by atoms with Crippen molar-refractivity contribution in [3.8, 4) is 0 Å². The summed E-state index contributed by atoms with van der Waals surface area (Å²) in [7, 11) is 1.92. The van der Waals surface area contributed by atoms with Crippen LogP contribution in [-0.4, -0.2) is 18.6 Å². The molecule has 1 rings (SSSR count). The average molecular weight is 227 g/mol. The van der Waals surface area contributed by atoms with Gasteiger partial charge in [0.25, 0.3) is 0 Å². The molecule has 0 aromatic carbocycles. The molecule has 1 heterocycles. The molecule has 0 fully saturated rings. The van der Waals surface area contributed by atoms with E-state index in [1.807, 2.05) is 25.3 Å². The van der Waals surface area contributed by atoms with Gasteiger partial charge in [0.15, 0.2) is 0 Å². The van der Waals surface area contributed by atoms with Crippen molar-refractivity contribution >= 4 is 22.0 Å². The minimum atomic E-state index is 0.876. The van der Waals surface area contributed by atoms with Crippen molar-refractivity contribution in [3.05, 3.63) is 34.6 Å². The molecule has 0 atom stereocenters. The first-order chi connectivity index (χ1) is 5.84. The maximum atomic E-state index is 4.10. The number of halogens is 1. The fraction of sp³-hybridized carbons (Fsp3) is 0.222. The summed E-state index contributed by atoms with van der Waals surface area (Å²) in [4.78, 5) is 4.10. The second-order valence-electron chi connectivity index (χ2n) is 2.34. The zero-order valence-electron chi connectivity index (χ0n) is 6.92. The first-order valence-corrected chi connectivity index (χ1v) is 4.55. The molecular formula is C9H11BrN2. The highest BCUT2D eigenvalue weighted by Crippen LogP contribution is 2.13. The van der Waals surface area contributed by atoms with E-state index in [2.05, 4.69) is 32.3 Å². The van der Waals surface area contributed by atoms with E-state index in [4.69, 9.17) is 0 Å². The smallest absolute Gasteiger partial charge is 0.113 e. The Bertz CT molecular complexity index is 271. The average Bonchev–Trinajstić information content (AvgIpc) is 2.09. The second kappa shape index (κ2) is 5.06. The Morgan fingerprint density at radius 1 is 1.67 bits per heavy atom. The van der Waals surface area contributed by atoms with Gasteiger partial charge in [-0.3, -0.25) is 0 Å². The van der Waals surface area contributed by atoms with Gasteiger partial charge >= 0.3 is 0 Å². The lowest BCUT2D eigenvalue weighted by Gasteiger charge is -1.95. The number of hydrogen-bond donors (Lipinski definition) is 1. The highest BCUT2D eigenvalue weighted by molar-refractivity contribution is 9.10. The number of hydrogen-bond acceptors (Lipinski definition) is 2. The Morgan fingerprint density at radius 2 is 2.50 bits per heavy atom. The van der Waals surface area contributed by atoms with Gasteiger partial charge in [-0.05, 0) is 29.0 Å². The fourth-order valence-electron chi connectivity index (χ4n) is 0.827. The SMILES string of the molecule is CNCC=Cc1cccnc1Br. The summed E-state index contributed by atoms with van der Waals surface area (Å²) >= 11 is 3.37. The normalized spacial score (nSPS) is 10.8. The quantitative estimate of drug-likeness (QED) is 0.799. The fourth-order valence-corrected chi connectivity index (χ4v) is 1.21. The minimum absolute atomic E-state index is 0.876. The lowest BCUT2D eigenvalue weighted by molar-refractivity contribution is 0.922. The topological polar surface area (TPSA) is 24.9 Å². The second-order valence-corrected chi connectivity index (χ2v) is 3.09. The van der Waals surface area contributed by atoms with Crippen molar-refractivity contribution in [2.45, 2.75) is 0 Å². The lowest BCUT2D eigenvalue weighted by atomic mass is 10.2. The Labute approximate surface area is 80.8 Å². The van der Waals surface area contributed by atoms with Crippen molar-refractivity contribution < 1.29 is 0 Å². The van der Waals surface area contributed by atoms with E-state index in [0.29, 0.717) is 0 Å². The van der Waals surface area contributed by atoms with E-state index in [9.17, 15) is 0 Å². The van der Waals surface area contributed by atoms with E-state index in [-0.39, 0.29) is 0 Å². The summed E-state index contributed by atoms with van der Waals surface area (Å²) in [5.74, 6) is 0. The Balaban J connectivity index is 2.68. The summed E-state index contributed by atoms with van der Waals surface area (Å²) in [6.07, 6.45) is 5.86. The van der Waals surface area contributed by atoms with Crippen molar-refractivity contribution in [3.63, 3.8) is 0 Å².